The molecule has 1 aliphatic heterocycles. The molecule has 0 saturated carbocycles. The van der Waals surface area contributed by atoms with Gasteiger partial charge in [-0.15, -0.1) is 22.7 Å². The van der Waals surface area contributed by atoms with Crippen LogP contribution in [0.5, 0.6) is 5.75 Å². The summed E-state index contributed by atoms with van der Waals surface area (Å²) < 4.78 is 33.4. The van der Waals surface area contributed by atoms with E-state index in [4.69, 9.17) is 16.3 Å². The summed E-state index contributed by atoms with van der Waals surface area (Å²) in [6, 6.07) is 8.37. The number of aromatic nitrogens is 1. The van der Waals surface area contributed by atoms with Gasteiger partial charge < -0.3 is 9.64 Å². The van der Waals surface area contributed by atoms with Gasteiger partial charge in [0.15, 0.2) is 11.2 Å². The number of hydrogen-bond donors (Lipinski definition) is 1. The maximum absolute atomic E-state index is 12.4. The van der Waals surface area contributed by atoms with Gasteiger partial charge in [0.1, 0.15) is 9.96 Å². The van der Waals surface area contributed by atoms with E-state index < -0.39 is 16.1 Å². The molecule has 2 aromatic heterocycles. The molecular formula is C17H14ClN3O4S3. The molecule has 1 amide bonds. The van der Waals surface area contributed by atoms with Crippen molar-refractivity contribution in [3.8, 4) is 17.0 Å². The fourth-order valence-electron chi connectivity index (χ4n) is 2.73. The minimum absolute atomic E-state index is 0.120. The minimum Gasteiger partial charge on any atom is -0.479 e. The minimum atomic E-state index is -3.74. The summed E-state index contributed by atoms with van der Waals surface area (Å²) in [6.07, 6.45) is -0.533. The number of carbonyl (C=O) groups excluding carboxylic acids is 1. The number of fused-ring (bicyclic) bond motifs is 1. The smallest absolute Gasteiger partial charge is 0.273 e. The van der Waals surface area contributed by atoms with E-state index in [2.05, 4.69) is 9.71 Å². The number of ether oxygens (including phenoxy) is 1. The van der Waals surface area contributed by atoms with E-state index in [9.17, 15) is 13.2 Å². The largest absolute Gasteiger partial charge is 0.479 e. The van der Waals surface area contributed by atoms with Crippen molar-refractivity contribution in [2.45, 2.75) is 17.2 Å². The van der Waals surface area contributed by atoms with Crippen molar-refractivity contribution in [3.05, 3.63) is 40.0 Å². The second kappa shape index (κ2) is 7.03. The first-order valence-electron chi connectivity index (χ1n) is 8.07. The fourth-order valence-corrected chi connectivity index (χ4v) is 6.19. The molecule has 0 bridgehead atoms. The number of amides is 1. The fraction of sp³-hybridized carbons (Fsp3) is 0.176. The van der Waals surface area contributed by atoms with E-state index in [0.717, 1.165) is 16.9 Å². The van der Waals surface area contributed by atoms with Gasteiger partial charge >= 0.3 is 0 Å². The Kier molecular flexibility index (Phi) is 4.82. The van der Waals surface area contributed by atoms with Gasteiger partial charge in [-0.1, -0.05) is 11.6 Å². The van der Waals surface area contributed by atoms with Gasteiger partial charge in [-0.25, -0.2) is 13.4 Å². The third-order valence-corrected chi connectivity index (χ3v) is 8.09. The highest BCUT2D eigenvalue weighted by atomic mass is 35.5. The van der Waals surface area contributed by atoms with Crippen LogP contribution in [0, 0.1) is 0 Å². The highest BCUT2D eigenvalue weighted by Crippen LogP contribution is 2.37. The van der Waals surface area contributed by atoms with E-state index in [1.54, 1.807) is 36.4 Å². The molecule has 1 atom stereocenters. The number of hydrogen-bond acceptors (Lipinski definition) is 7. The van der Waals surface area contributed by atoms with Crippen molar-refractivity contribution in [1.29, 1.82) is 0 Å². The number of benzene rings is 1. The quantitative estimate of drug-likeness (QED) is 0.640. The predicted molar refractivity (Wildman–Crippen MR) is 111 cm³/mol. The Morgan fingerprint density at radius 1 is 1.29 bits per heavy atom. The van der Waals surface area contributed by atoms with Crippen LogP contribution in [-0.4, -0.2) is 32.5 Å². The van der Waals surface area contributed by atoms with E-state index in [-0.39, 0.29) is 15.2 Å². The molecule has 7 nitrogen and oxygen atoms in total. The SMILES string of the molecule is CC1Oc2ccc(-c3csc(NS(=O)(=O)c4ccc(Cl)s4)n3)cc2N(C)C1=O. The van der Waals surface area contributed by atoms with Gasteiger partial charge in [-0.3, -0.25) is 9.52 Å². The van der Waals surface area contributed by atoms with Gasteiger partial charge in [0.25, 0.3) is 15.9 Å². The molecule has 1 unspecified atom stereocenters. The number of sulfonamides is 1. The first-order chi connectivity index (χ1) is 13.2. The molecule has 0 spiro atoms. The molecule has 1 N–H and O–H groups in total. The third kappa shape index (κ3) is 3.48. The maximum Gasteiger partial charge on any atom is 0.273 e. The summed E-state index contributed by atoms with van der Waals surface area (Å²) in [7, 11) is -2.05. The molecule has 28 heavy (non-hydrogen) atoms. The average Bonchev–Trinajstić information content (AvgIpc) is 3.29. The Morgan fingerprint density at radius 2 is 2.07 bits per heavy atom. The van der Waals surface area contributed by atoms with Gasteiger partial charge in [-0.2, -0.15) is 0 Å². The normalized spacial score (nSPS) is 16.6. The van der Waals surface area contributed by atoms with Crippen molar-refractivity contribution in [2.24, 2.45) is 0 Å². The monoisotopic (exact) mass is 455 g/mol. The molecule has 4 rings (SSSR count). The summed E-state index contributed by atoms with van der Waals surface area (Å²) in [5, 5.41) is 1.99. The average molecular weight is 456 g/mol. The molecular weight excluding hydrogens is 442 g/mol. The standard InChI is InChI=1S/C17H14ClN3O4S3/c1-9-16(22)21(2)12-7-10(3-4-13(12)25-9)11-8-26-17(19-11)20-28(23,24)15-6-5-14(18)27-15/h3-9H,1-2H3,(H,19,20). The van der Waals surface area contributed by atoms with E-state index >= 15 is 0 Å². The van der Waals surface area contributed by atoms with Crippen molar-refractivity contribution >= 4 is 61.0 Å². The van der Waals surface area contributed by atoms with Crippen LogP contribution in [0.15, 0.2) is 39.9 Å². The lowest BCUT2D eigenvalue weighted by Crippen LogP contribution is -2.41. The molecule has 0 fully saturated rings. The molecule has 0 aliphatic carbocycles. The Balaban J connectivity index is 1.61. The van der Waals surface area contributed by atoms with Crippen LogP contribution < -0.4 is 14.4 Å². The van der Waals surface area contributed by atoms with Gasteiger partial charge in [0.2, 0.25) is 0 Å². The van der Waals surface area contributed by atoms with Crippen LogP contribution in [0.25, 0.3) is 11.3 Å². The number of likely N-dealkylation sites (N-methyl/N-ethyl adjacent to an activating group) is 1. The highest BCUT2D eigenvalue weighted by Gasteiger charge is 2.29. The lowest BCUT2D eigenvalue weighted by atomic mass is 10.1. The molecule has 3 aromatic rings. The zero-order valence-corrected chi connectivity index (χ0v) is 17.9. The van der Waals surface area contributed by atoms with Crippen LogP contribution in [0.2, 0.25) is 4.34 Å². The summed E-state index contributed by atoms with van der Waals surface area (Å²) in [5.74, 6) is 0.482. The van der Waals surface area contributed by atoms with Crippen LogP contribution in [-0.2, 0) is 14.8 Å². The Bertz CT molecular complexity index is 1170. The Hall–Kier alpha value is -2.14. The van der Waals surface area contributed by atoms with Crippen molar-refractivity contribution in [3.63, 3.8) is 0 Å². The van der Waals surface area contributed by atoms with Crippen LogP contribution in [0.4, 0.5) is 10.8 Å². The van der Waals surface area contributed by atoms with E-state index in [1.807, 2.05) is 6.07 Å². The van der Waals surface area contributed by atoms with Gasteiger partial charge in [0, 0.05) is 18.0 Å². The first kappa shape index (κ1) is 19.2. The van der Waals surface area contributed by atoms with E-state index in [0.29, 0.717) is 21.5 Å². The number of nitrogens with zero attached hydrogens (tertiary/aromatic N) is 2. The zero-order chi connectivity index (χ0) is 20.1. The van der Waals surface area contributed by atoms with Gasteiger partial charge in [0.05, 0.1) is 15.7 Å². The molecule has 1 aliphatic rings. The number of carbonyl (C=O) groups is 1. The second-order valence-corrected chi connectivity index (χ2v) is 10.5. The molecule has 146 valence electrons. The van der Waals surface area contributed by atoms with Crippen molar-refractivity contribution < 1.29 is 17.9 Å². The molecule has 0 saturated heterocycles. The summed E-state index contributed by atoms with van der Waals surface area (Å²) in [6.45, 7) is 1.70. The molecule has 0 radical (unpaired) electrons. The lowest BCUT2D eigenvalue weighted by molar-refractivity contribution is -0.125. The number of thiazole rings is 1. The number of nitrogens with one attached hydrogen (secondary N) is 1. The zero-order valence-electron chi connectivity index (χ0n) is 14.7. The summed E-state index contributed by atoms with van der Waals surface area (Å²) >= 11 is 7.96. The Labute approximate surface area is 174 Å². The predicted octanol–water partition coefficient (Wildman–Crippen LogP) is 4.07. The van der Waals surface area contributed by atoms with Crippen molar-refractivity contribution in [2.75, 3.05) is 16.7 Å². The third-order valence-electron chi connectivity index (χ3n) is 4.14. The Morgan fingerprint density at radius 3 is 2.79 bits per heavy atom. The second-order valence-electron chi connectivity index (χ2n) is 6.04. The lowest BCUT2D eigenvalue weighted by Gasteiger charge is -2.30. The molecule has 1 aromatic carbocycles. The van der Waals surface area contributed by atoms with E-state index in [1.165, 1.54) is 23.5 Å². The van der Waals surface area contributed by atoms with Crippen molar-refractivity contribution in [1.82, 2.24) is 4.98 Å². The maximum atomic E-state index is 12.4. The van der Waals surface area contributed by atoms with Gasteiger partial charge in [-0.05, 0) is 37.3 Å². The number of thiophene rings is 1. The molecule has 11 heteroatoms. The summed E-state index contributed by atoms with van der Waals surface area (Å²) in [4.78, 5) is 18.0. The summed E-state index contributed by atoms with van der Waals surface area (Å²) in [5.41, 5.74) is 1.98. The van der Waals surface area contributed by atoms with Crippen LogP contribution in [0.1, 0.15) is 6.92 Å². The molecule has 3 heterocycles. The van der Waals surface area contributed by atoms with Crippen LogP contribution >= 0.6 is 34.3 Å². The first-order valence-corrected chi connectivity index (χ1v) is 11.6. The number of halogens is 1. The highest BCUT2D eigenvalue weighted by molar-refractivity contribution is 7.94. The number of rotatable bonds is 4. The number of anilines is 2. The topological polar surface area (TPSA) is 88.6 Å². The van der Waals surface area contributed by atoms with Crippen LogP contribution in [0.3, 0.4) is 0 Å².